The van der Waals surface area contributed by atoms with Gasteiger partial charge in [0.1, 0.15) is 11.2 Å². The molecule has 1 aromatic heterocycles. The minimum absolute atomic E-state index is 0.443. The SMILES string of the molecule is [2H]c1c([2H])c(-c2c([2H])c([2H])c(-c3c4c([2H])c([2H])c([2H])c([2H])c4c(-c4c([2H])c([2H])c5oc6c([2H])c([2H])c([2H])c([2H])c6c5c4[2H])c4c([2H])c([2H])c([2H])c([2H])c34)c([2H])c2[2H])c([2H])c(-c2c([2H])c([2H])c3c([2H])c([2H])c([2H])c([2H])c3c2[2H])c1[2H]. The second-order valence-electron chi connectivity index (χ2n) is 10.5. The summed E-state index contributed by atoms with van der Waals surface area (Å²) >= 11 is 0. The number of benzene rings is 9. The average Bonchev–Trinajstić information content (AvgIpc) is 3.98. The van der Waals surface area contributed by atoms with Gasteiger partial charge in [-0.2, -0.15) is 0 Å². The largest absolute Gasteiger partial charge is 0.456 e. The molecule has 0 N–H and O–H groups in total. The van der Waals surface area contributed by atoms with Crippen LogP contribution in [0, 0.1) is 0 Å². The van der Waals surface area contributed by atoms with Crippen molar-refractivity contribution in [1.29, 1.82) is 0 Å². The summed E-state index contributed by atoms with van der Waals surface area (Å²) in [6.45, 7) is 0. The number of furan rings is 1. The maximum absolute atomic E-state index is 9.65. The topological polar surface area (TPSA) is 13.1 Å². The molecule has 10 rings (SSSR count). The molecule has 228 valence electrons. The molecule has 1 heteroatoms. The van der Waals surface area contributed by atoms with Crippen LogP contribution < -0.4 is 0 Å². The smallest absolute Gasteiger partial charge is 0.135 e. The summed E-state index contributed by atoms with van der Waals surface area (Å²) in [6.07, 6.45) is 0. The van der Waals surface area contributed by atoms with E-state index in [1.54, 1.807) is 0 Å². The van der Waals surface area contributed by atoms with E-state index in [1.807, 2.05) is 0 Å². The average molecular weight is 653 g/mol. The highest BCUT2D eigenvalue weighted by molar-refractivity contribution is 6.22. The van der Waals surface area contributed by atoms with Crippen LogP contribution in [0.2, 0.25) is 0 Å². The molecule has 0 saturated heterocycles. The Bertz CT molecular complexity index is 4490. The van der Waals surface area contributed by atoms with Crippen molar-refractivity contribution in [3.05, 3.63) is 181 Å². The summed E-state index contributed by atoms with van der Waals surface area (Å²) in [7, 11) is 0. The first kappa shape index (κ1) is 11.1. The van der Waals surface area contributed by atoms with E-state index in [4.69, 9.17) is 30.5 Å². The van der Waals surface area contributed by atoms with Crippen molar-refractivity contribution in [2.24, 2.45) is 0 Å². The van der Waals surface area contributed by atoms with Gasteiger partial charge < -0.3 is 4.42 Å². The van der Waals surface area contributed by atoms with Crippen molar-refractivity contribution in [3.63, 3.8) is 0 Å². The highest BCUT2D eigenvalue weighted by Crippen LogP contribution is 2.45. The zero-order valence-corrected chi connectivity index (χ0v) is 24.4. The number of rotatable bonds is 4. The van der Waals surface area contributed by atoms with Gasteiger partial charge in [-0.15, -0.1) is 0 Å². The Hall–Kier alpha value is -6.44. The van der Waals surface area contributed by atoms with Gasteiger partial charge in [-0.1, -0.05) is 151 Å². The molecule has 0 spiro atoms. The second-order valence-corrected chi connectivity index (χ2v) is 10.5. The molecule has 0 fully saturated rings. The molecule has 1 nitrogen and oxygen atoms in total. The predicted molar refractivity (Wildman–Crippen MR) is 208 cm³/mol. The van der Waals surface area contributed by atoms with E-state index in [2.05, 4.69) is 0 Å². The lowest BCUT2D eigenvalue weighted by molar-refractivity contribution is 0.669. The van der Waals surface area contributed by atoms with E-state index in [9.17, 15) is 15.1 Å². The molecule has 0 bridgehead atoms. The molecule has 0 aliphatic rings. The van der Waals surface area contributed by atoms with E-state index >= 15 is 0 Å². The molecule has 0 amide bonds. The maximum Gasteiger partial charge on any atom is 0.135 e. The molecule has 0 radical (unpaired) electrons. The van der Waals surface area contributed by atoms with Crippen molar-refractivity contribution in [3.8, 4) is 44.5 Å². The third-order valence-corrected chi connectivity index (χ3v) is 7.76. The minimum atomic E-state index is -1.17. The Kier molecular flexibility index (Phi) is 2.50. The van der Waals surface area contributed by atoms with Gasteiger partial charge in [0.2, 0.25) is 0 Å². The third-order valence-electron chi connectivity index (χ3n) is 7.76. The number of fused-ring (bicyclic) bond motifs is 6. The van der Waals surface area contributed by atoms with Gasteiger partial charge in [0, 0.05) is 10.8 Å². The fourth-order valence-electron chi connectivity index (χ4n) is 5.62. The first-order valence-corrected chi connectivity index (χ1v) is 14.4. The Morgan fingerprint density at radius 3 is 1.49 bits per heavy atom. The molecule has 9 aromatic carbocycles. The molecular weight excluding hydrogens is 593 g/mol. The number of hydrogen-bond acceptors (Lipinski definition) is 1. The summed E-state index contributed by atoms with van der Waals surface area (Å²) < 4.78 is 275. The van der Waals surface area contributed by atoms with Crippen LogP contribution in [0.1, 0.15) is 41.1 Å². The fourth-order valence-corrected chi connectivity index (χ4v) is 5.62. The Morgan fingerprint density at radius 1 is 0.286 bits per heavy atom. The van der Waals surface area contributed by atoms with E-state index in [1.165, 1.54) is 0 Å². The summed E-state index contributed by atoms with van der Waals surface area (Å²) in [6, 6.07) is -28.7. The van der Waals surface area contributed by atoms with Crippen molar-refractivity contribution in [1.82, 2.24) is 0 Å². The molecular formula is C48H30O. The van der Waals surface area contributed by atoms with Crippen LogP contribution in [0.5, 0.6) is 0 Å². The molecule has 0 unspecified atom stereocenters. The first-order valence-electron chi connectivity index (χ1n) is 29.4. The lowest BCUT2D eigenvalue weighted by Gasteiger charge is -2.18. The standard InChI is InChI=1S/C48H30O/c1-2-11-34-29-37(25-22-31(34)10-1)36-13-9-12-35(28-36)32-20-23-33(24-21-32)47-40-15-3-5-17-42(40)48(43-18-6-4-16-41(43)47)38-26-27-46-44(30-38)39-14-7-8-19-45(39)49-46/h1-30H/i1D,2D,3D,4D,5D,6D,7D,8D,9D,10D,11D,12D,13D,14D,15D,16D,17D,18D,19D,20D,21D,22D,23D,24D,25D,26D,27D,28D,29D,30D. The Labute approximate surface area is 326 Å². The van der Waals surface area contributed by atoms with E-state index in [0.717, 1.165) is 0 Å². The van der Waals surface area contributed by atoms with Crippen molar-refractivity contribution < 1.29 is 45.5 Å². The van der Waals surface area contributed by atoms with Gasteiger partial charge in [0.05, 0.1) is 41.1 Å². The fraction of sp³-hybridized carbons (Fsp3) is 0. The van der Waals surface area contributed by atoms with Gasteiger partial charge >= 0.3 is 0 Å². The highest BCUT2D eigenvalue weighted by atomic mass is 16.3. The Balaban J connectivity index is 1.39. The van der Waals surface area contributed by atoms with Crippen LogP contribution in [0.25, 0.3) is 98.8 Å². The molecule has 10 aromatic rings. The summed E-state index contributed by atoms with van der Waals surface area (Å²) in [5, 5.41) is -5.16. The Morgan fingerprint density at radius 2 is 0.776 bits per heavy atom. The molecule has 0 atom stereocenters. The van der Waals surface area contributed by atoms with Crippen molar-refractivity contribution in [2.45, 2.75) is 0 Å². The van der Waals surface area contributed by atoms with Gasteiger partial charge in [0.25, 0.3) is 0 Å². The van der Waals surface area contributed by atoms with E-state index in [-0.39, 0.29) is 0 Å². The molecule has 0 saturated carbocycles. The third kappa shape index (κ3) is 4.55. The molecule has 49 heavy (non-hydrogen) atoms. The zero-order valence-electron chi connectivity index (χ0n) is 54.4. The minimum Gasteiger partial charge on any atom is -0.456 e. The zero-order chi connectivity index (χ0) is 58.4. The summed E-state index contributed by atoms with van der Waals surface area (Å²) in [4.78, 5) is 0. The van der Waals surface area contributed by atoms with Gasteiger partial charge in [-0.3, -0.25) is 0 Å². The lowest BCUT2D eigenvalue weighted by atomic mass is 9.85. The summed E-state index contributed by atoms with van der Waals surface area (Å²) in [5.41, 5.74) is -7.82. The predicted octanol–water partition coefficient (Wildman–Crippen LogP) is 13.7. The lowest BCUT2D eigenvalue weighted by Crippen LogP contribution is -1.91. The quantitative estimate of drug-likeness (QED) is 0.172. The van der Waals surface area contributed by atoms with Crippen LogP contribution in [-0.2, 0) is 0 Å². The molecule has 0 aliphatic carbocycles. The van der Waals surface area contributed by atoms with Gasteiger partial charge in [0.15, 0.2) is 0 Å². The number of hydrogen-bond donors (Lipinski definition) is 0. The molecule has 1 heterocycles. The van der Waals surface area contributed by atoms with Crippen LogP contribution >= 0.6 is 0 Å². The van der Waals surface area contributed by atoms with Crippen LogP contribution in [0.15, 0.2) is 186 Å². The van der Waals surface area contributed by atoms with Crippen LogP contribution in [0.4, 0.5) is 0 Å². The monoisotopic (exact) mass is 652 g/mol. The first-order chi connectivity index (χ1) is 36.8. The summed E-state index contributed by atoms with van der Waals surface area (Å²) in [5.74, 6) is 0. The molecule has 0 aliphatic heterocycles. The number of para-hydroxylation sites is 1. The van der Waals surface area contributed by atoms with Gasteiger partial charge in [-0.25, -0.2) is 0 Å². The second kappa shape index (κ2) is 11.1. The van der Waals surface area contributed by atoms with Crippen molar-refractivity contribution in [2.75, 3.05) is 0 Å². The van der Waals surface area contributed by atoms with E-state index in [0.29, 0.717) is 0 Å². The van der Waals surface area contributed by atoms with Crippen LogP contribution in [0.3, 0.4) is 0 Å². The van der Waals surface area contributed by atoms with Gasteiger partial charge in [-0.05, 0) is 107 Å². The normalized spacial score (nSPS) is 20.2. The van der Waals surface area contributed by atoms with Crippen molar-refractivity contribution >= 4 is 54.3 Å². The van der Waals surface area contributed by atoms with Crippen LogP contribution in [-0.4, -0.2) is 0 Å². The van der Waals surface area contributed by atoms with E-state index < -0.39 is 280 Å². The highest BCUT2D eigenvalue weighted by Gasteiger charge is 2.18. The maximum atomic E-state index is 9.65.